The van der Waals surface area contributed by atoms with Crippen LogP contribution in [0.2, 0.25) is 6.04 Å². The van der Waals surface area contributed by atoms with Gasteiger partial charge in [0.15, 0.2) is 0 Å². The smallest absolute Gasteiger partial charge is 0.492 e. The molecule has 0 amide bonds. The molecule has 0 aliphatic rings. The van der Waals surface area contributed by atoms with Crippen LogP contribution < -0.4 is 24.8 Å². The molecule has 0 aromatic carbocycles. The Labute approximate surface area is 233 Å². The van der Waals surface area contributed by atoms with Gasteiger partial charge in [0.05, 0.1) is 41.3 Å². The summed E-state index contributed by atoms with van der Waals surface area (Å²) < 4.78 is 1.92. The maximum atomic E-state index is 9.18. The van der Waals surface area contributed by atoms with Crippen molar-refractivity contribution in [3.8, 4) is 0 Å². The summed E-state index contributed by atoms with van der Waals surface area (Å²) in [5.41, 5.74) is 0. The summed E-state index contributed by atoms with van der Waals surface area (Å²) in [7, 11) is 5.18. The molecule has 0 radical (unpaired) electrons. The van der Waals surface area contributed by atoms with Gasteiger partial charge in [-0.15, -0.1) is 0 Å². The fourth-order valence-electron chi connectivity index (χ4n) is 4.60. The van der Waals surface area contributed by atoms with Gasteiger partial charge in [0.25, 0.3) is 0 Å². The molecule has 0 atom stereocenters. The summed E-state index contributed by atoms with van der Waals surface area (Å²) >= 11 is 0. The lowest BCUT2D eigenvalue weighted by atomic mass is 10.0. The third-order valence-corrected chi connectivity index (χ3v) is 8.23. The highest BCUT2D eigenvalue weighted by Gasteiger charge is 2.28. The highest BCUT2D eigenvalue weighted by atomic mass is 35.5. The van der Waals surface area contributed by atoms with Crippen LogP contribution in [0.3, 0.4) is 0 Å². The number of unbranched alkanes of at least 4 members (excludes halogenated alkanes) is 15. The number of hydrogen-bond donors (Lipinski definition) is 3. The van der Waals surface area contributed by atoms with Gasteiger partial charge in [-0.25, -0.2) is 0 Å². The second-order valence-electron chi connectivity index (χ2n) is 11.9. The molecule has 0 heterocycles. The van der Waals surface area contributed by atoms with Gasteiger partial charge in [-0.3, -0.25) is 0 Å². The molecule has 0 unspecified atom stereocenters. The molecular formula is C27H62Cl2N2O3Si. The van der Waals surface area contributed by atoms with Crippen molar-refractivity contribution >= 4 is 8.80 Å². The highest BCUT2D eigenvalue weighted by molar-refractivity contribution is 6.56. The molecule has 0 saturated heterocycles. The molecule has 8 heteroatoms. The monoisotopic (exact) mass is 560 g/mol. The van der Waals surface area contributed by atoms with Crippen molar-refractivity contribution in [3.63, 3.8) is 0 Å². The van der Waals surface area contributed by atoms with Crippen molar-refractivity contribution in [1.82, 2.24) is 0 Å². The number of quaternary nitrogens is 2. The summed E-state index contributed by atoms with van der Waals surface area (Å²) in [5, 5.41) is 0. The third kappa shape index (κ3) is 30.7. The van der Waals surface area contributed by atoms with E-state index in [2.05, 4.69) is 35.1 Å². The number of hydrogen-bond acceptors (Lipinski definition) is 3. The Bertz CT molecular complexity index is 451. The molecular weight excluding hydrogens is 499 g/mol. The van der Waals surface area contributed by atoms with Gasteiger partial charge in [-0.2, -0.15) is 0 Å². The summed E-state index contributed by atoms with van der Waals surface area (Å²) in [6.07, 6.45) is 23.3. The van der Waals surface area contributed by atoms with Crippen molar-refractivity contribution in [2.75, 3.05) is 54.4 Å². The molecule has 216 valence electrons. The van der Waals surface area contributed by atoms with Gasteiger partial charge in [0, 0.05) is 12.5 Å². The first-order valence-corrected chi connectivity index (χ1v) is 16.3. The van der Waals surface area contributed by atoms with Crippen molar-refractivity contribution in [1.29, 1.82) is 0 Å². The Kier molecular flexibility index (Phi) is 27.1. The first kappa shape index (κ1) is 40.1. The van der Waals surface area contributed by atoms with Crippen molar-refractivity contribution in [2.24, 2.45) is 0 Å². The largest absolute Gasteiger partial charge is 1.00 e. The Hall–Kier alpha value is 0.597. The SMILES string of the molecule is CCCCCCCCCCCCCCCCCC[N+](C)(C)CC[N+](C)(C)CCC[Si](O)(O)O.[Cl-].[Cl-]. The van der Waals surface area contributed by atoms with Gasteiger partial charge in [0.1, 0.15) is 13.1 Å². The zero-order valence-corrected chi connectivity index (χ0v) is 26.6. The molecule has 0 saturated carbocycles. The van der Waals surface area contributed by atoms with Crippen LogP contribution in [0.15, 0.2) is 0 Å². The molecule has 0 aliphatic heterocycles. The minimum atomic E-state index is -3.88. The van der Waals surface area contributed by atoms with Crippen molar-refractivity contribution in [3.05, 3.63) is 0 Å². The van der Waals surface area contributed by atoms with E-state index in [4.69, 9.17) is 0 Å². The van der Waals surface area contributed by atoms with Crippen LogP contribution in [0, 0.1) is 0 Å². The summed E-state index contributed by atoms with van der Waals surface area (Å²) in [5.74, 6) is 0. The standard InChI is InChI=1S/C27H62N2O3Si.2ClH/c1-6-7-8-9-10-11-12-13-14-15-16-17-18-19-20-21-23-28(2,3)25-26-29(4,5)24-22-27-33(30,31)32;;/h30-32H,6-27H2,1-5H3;2*1H/q+2;;/p-2. The number of likely N-dealkylation sites (N-methyl/N-ethyl adjacent to an activating group) is 2. The normalized spacial score (nSPS) is 12.3. The minimum absolute atomic E-state index is 0. The highest BCUT2D eigenvalue weighted by Crippen LogP contribution is 2.14. The second kappa shape index (κ2) is 23.7. The van der Waals surface area contributed by atoms with Crippen LogP contribution in [-0.4, -0.2) is 86.5 Å². The Morgan fingerprint density at radius 3 is 1.03 bits per heavy atom. The number of rotatable bonds is 24. The van der Waals surface area contributed by atoms with E-state index in [9.17, 15) is 14.4 Å². The molecule has 0 rings (SSSR count). The molecule has 0 aromatic rings. The molecule has 0 aliphatic carbocycles. The van der Waals surface area contributed by atoms with Gasteiger partial charge in [0.2, 0.25) is 0 Å². The van der Waals surface area contributed by atoms with E-state index in [1.54, 1.807) is 0 Å². The second-order valence-corrected chi connectivity index (χ2v) is 14.0. The lowest BCUT2D eigenvalue weighted by molar-refractivity contribution is -0.946. The maximum Gasteiger partial charge on any atom is 0.492 e. The molecule has 0 spiro atoms. The molecule has 0 aromatic heterocycles. The predicted octanol–water partition coefficient (Wildman–Crippen LogP) is -0.285. The van der Waals surface area contributed by atoms with Crippen LogP contribution >= 0.6 is 0 Å². The molecule has 0 fully saturated rings. The fraction of sp³-hybridized carbons (Fsp3) is 1.00. The fourth-order valence-corrected chi connectivity index (χ4v) is 5.23. The molecule has 0 bridgehead atoms. The summed E-state index contributed by atoms with van der Waals surface area (Å²) in [6, 6.07) is 0.145. The van der Waals surface area contributed by atoms with Crippen molar-refractivity contribution < 1.29 is 48.2 Å². The third-order valence-electron chi connectivity index (χ3n) is 7.20. The van der Waals surface area contributed by atoms with Gasteiger partial charge in [-0.1, -0.05) is 96.8 Å². The quantitative estimate of drug-likeness (QED) is 0.0863. The lowest BCUT2D eigenvalue weighted by Crippen LogP contribution is -3.00. The zero-order chi connectivity index (χ0) is 25.1. The van der Waals surface area contributed by atoms with E-state index in [1.807, 2.05) is 0 Å². The van der Waals surface area contributed by atoms with E-state index in [-0.39, 0.29) is 30.9 Å². The average Bonchev–Trinajstić information content (AvgIpc) is 2.71. The van der Waals surface area contributed by atoms with Crippen LogP contribution in [0.4, 0.5) is 0 Å². The first-order valence-electron chi connectivity index (χ1n) is 14.3. The summed E-state index contributed by atoms with van der Waals surface area (Å²) in [4.78, 5) is 27.5. The minimum Gasteiger partial charge on any atom is -1.00 e. The topological polar surface area (TPSA) is 60.7 Å². The van der Waals surface area contributed by atoms with E-state index >= 15 is 0 Å². The molecule has 5 nitrogen and oxygen atoms in total. The molecule has 3 N–H and O–H groups in total. The average molecular weight is 562 g/mol. The number of nitrogens with zero attached hydrogens (tertiary/aromatic N) is 2. The maximum absolute atomic E-state index is 9.18. The van der Waals surface area contributed by atoms with Crippen LogP contribution in [0.1, 0.15) is 116 Å². The summed E-state index contributed by atoms with van der Waals surface area (Å²) in [6.45, 7) is 6.60. The van der Waals surface area contributed by atoms with Gasteiger partial charge >= 0.3 is 8.80 Å². The van der Waals surface area contributed by atoms with E-state index in [1.165, 1.54) is 109 Å². The van der Waals surface area contributed by atoms with Gasteiger partial charge in [-0.05, 0) is 12.8 Å². The van der Waals surface area contributed by atoms with E-state index in [0.717, 1.165) is 28.6 Å². The first-order chi connectivity index (χ1) is 15.5. The van der Waals surface area contributed by atoms with Gasteiger partial charge < -0.3 is 48.2 Å². The van der Waals surface area contributed by atoms with Crippen LogP contribution in [-0.2, 0) is 0 Å². The van der Waals surface area contributed by atoms with E-state index in [0.29, 0.717) is 6.42 Å². The lowest BCUT2D eigenvalue weighted by Gasteiger charge is -2.36. The number of halogens is 2. The van der Waals surface area contributed by atoms with Crippen molar-refractivity contribution in [2.45, 2.75) is 122 Å². The Balaban J connectivity index is -0.00000512. The zero-order valence-electron chi connectivity index (χ0n) is 24.0. The van der Waals surface area contributed by atoms with E-state index < -0.39 is 8.80 Å². The van der Waals surface area contributed by atoms with Crippen LogP contribution in [0.5, 0.6) is 0 Å². The Morgan fingerprint density at radius 1 is 0.429 bits per heavy atom. The predicted molar refractivity (Wildman–Crippen MR) is 145 cm³/mol. The molecule has 35 heavy (non-hydrogen) atoms. The Morgan fingerprint density at radius 2 is 0.714 bits per heavy atom. The van der Waals surface area contributed by atoms with Crippen LogP contribution in [0.25, 0.3) is 0 Å².